The van der Waals surface area contributed by atoms with E-state index in [4.69, 9.17) is 5.11 Å². The van der Waals surface area contributed by atoms with Gasteiger partial charge < -0.3 is 10.4 Å². The Hall–Kier alpha value is -1.06. The molecule has 0 aliphatic heterocycles. The summed E-state index contributed by atoms with van der Waals surface area (Å²) in [5, 5.41) is 12.0. The van der Waals surface area contributed by atoms with Crippen molar-refractivity contribution in [3.8, 4) is 0 Å². The minimum absolute atomic E-state index is 0.0204. The molecule has 0 saturated heterocycles. The molecule has 2 rings (SSSR count). The highest BCUT2D eigenvalue weighted by Gasteiger charge is 2.52. The van der Waals surface area contributed by atoms with E-state index in [1.807, 2.05) is 13.8 Å². The van der Waals surface area contributed by atoms with Crippen LogP contribution in [0.3, 0.4) is 0 Å². The van der Waals surface area contributed by atoms with Gasteiger partial charge >= 0.3 is 5.97 Å². The standard InChI is InChI=1S/C14H23NO3/c1-3-14(4-2,8-12(16)17)15-13(18)11-7-10(11)9-5-6-9/h9-11H,3-8H2,1-2H3,(H,15,18)(H,16,17). The van der Waals surface area contributed by atoms with Crippen LogP contribution in [0, 0.1) is 17.8 Å². The molecular formula is C14H23NO3. The smallest absolute Gasteiger partial charge is 0.305 e. The Balaban J connectivity index is 1.91. The highest BCUT2D eigenvalue weighted by atomic mass is 16.4. The van der Waals surface area contributed by atoms with Gasteiger partial charge in [-0.25, -0.2) is 0 Å². The third-order valence-electron chi connectivity index (χ3n) is 4.64. The van der Waals surface area contributed by atoms with E-state index >= 15 is 0 Å². The molecule has 2 N–H and O–H groups in total. The first-order chi connectivity index (χ1) is 8.51. The first-order valence-electron chi connectivity index (χ1n) is 7.05. The van der Waals surface area contributed by atoms with Gasteiger partial charge in [0.05, 0.1) is 6.42 Å². The van der Waals surface area contributed by atoms with Crippen LogP contribution in [0.25, 0.3) is 0 Å². The second-order valence-electron chi connectivity index (χ2n) is 5.89. The highest BCUT2D eigenvalue weighted by molar-refractivity contribution is 5.83. The molecule has 2 aliphatic carbocycles. The number of carbonyl (C=O) groups is 2. The van der Waals surface area contributed by atoms with Gasteiger partial charge in [-0.15, -0.1) is 0 Å². The fourth-order valence-electron chi connectivity index (χ4n) is 2.93. The van der Waals surface area contributed by atoms with Crippen LogP contribution in [-0.4, -0.2) is 22.5 Å². The van der Waals surface area contributed by atoms with Gasteiger partial charge in [0.15, 0.2) is 0 Å². The van der Waals surface area contributed by atoms with E-state index in [-0.39, 0.29) is 18.2 Å². The van der Waals surface area contributed by atoms with Crippen LogP contribution >= 0.6 is 0 Å². The van der Waals surface area contributed by atoms with E-state index in [9.17, 15) is 9.59 Å². The monoisotopic (exact) mass is 253 g/mol. The van der Waals surface area contributed by atoms with E-state index in [2.05, 4.69) is 5.32 Å². The second kappa shape index (κ2) is 4.90. The number of amides is 1. The summed E-state index contributed by atoms with van der Waals surface area (Å²) in [4.78, 5) is 23.1. The molecule has 2 aliphatic rings. The summed E-state index contributed by atoms with van der Waals surface area (Å²) in [6.45, 7) is 3.88. The summed E-state index contributed by atoms with van der Waals surface area (Å²) in [6, 6.07) is 0. The van der Waals surface area contributed by atoms with Crippen molar-refractivity contribution in [2.75, 3.05) is 0 Å². The van der Waals surface area contributed by atoms with E-state index in [0.717, 1.165) is 12.3 Å². The molecule has 102 valence electrons. The van der Waals surface area contributed by atoms with Crippen molar-refractivity contribution >= 4 is 11.9 Å². The van der Waals surface area contributed by atoms with Crippen molar-refractivity contribution < 1.29 is 14.7 Å². The normalized spacial score (nSPS) is 26.8. The van der Waals surface area contributed by atoms with Gasteiger partial charge in [0.2, 0.25) is 5.91 Å². The minimum atomic E-state index is -0.839. The third kappa shape index (κ3) is 2.85. The van der Waals surface area contributed by atoms with Crippen LogP contribution in [-0.2, 0) is 9.59 Å². The van der Waals surface area contributed by atoms with Crippen LogP contribution in [0.15, 0.2) is 0 Å². The lowest BCUT2D eigenvalue weighted by atomic mass is 9.88. The largest absolute Gasteiger partial charge is 0.481 e. The SMILES string of the molecule is CCC(CC)(CC(=O)O)NC(=O)C1CC1C1CC1. The van der Waals surface area contributed by atoms with E-state index in [1.165, 1.54) is 12.8 Å². The zero-order valence-corrected chi connectivity index (χ0v) is 11.2. The maximum Gasteiger partial charge on any atom is 0.305 e. The molecule has 18 heavy (non-hydrogen) atoms. The summed E-state index contributed by atoms with van der Waals surface area (Å²) >= 11 is 0. The molecule has 0 spiro atoms. The molecule has 2 atom stereocenters. The lowest BCUT2D eigenvalue weighted by molar-refractivity contribution is -0.139. The number of nitrogens with one attached hydrogen (secondary N) is 1. The van der Waals surface area contributed by atoms with Gasteiger partial charge in [-0.05, 0) is 43.9 Å². The Morgan fingerprint density at radius 2 is 1.89 bits per heavy atom. The number of aliphatic carboxylic acids is 1. The molecule has 0 aromatic carbocycles. The Morgan fingerprint density at radius 1 is 1.28 bits per heavy atom. The van der Waals surface area contributed by atoms with Crippen molar-refractivity contribution in [3.05, 3.63) is 0 Å². The number of rotatable bonds is 7. The molecule has 2 saturated carbocycles. The van der Waals surface area contributed by atoms with Crippen molar-refractivity contribution in [2.24, 2.45) is 17.8 Å². The fraction of sp³-hybridized carbons (Fsp3) is 0.857. The summed E-state index contributed by atoms with van der Waals surface area (Å²) in [5.74, 6) is 0.758. The molecule has 4 heteroatoms. The average molecular weight is 253 g/mol. The van der Waals surface area contributed by atoms with Crippen molar-refractivity contribution in [2.45, 2.75) is 57.9 Å². The van der Waals surface area contributed by atoms with Crippen molar-refractivity contribution in [1.29, 1.82) is 0 Å². The van der Waals surface area contributed by atoms with E-state index in [1.54, 1.807) is 0 Å². The minimum Gasteiger partial charge on any atom is -0.481 e. The second-order valence-corrected chi connectivity index (χ2v) is 5.89. The number of hydrogen-bond acceptors (Lipinski definition) is 2. The summed E-state index contributed by atoms with van der Waals surface area (Å²) < 4.78 is 0. The molecule has 2 unspecified atom stereocenters. The van der Waals surface area contributed by atoms with Gasteiger partial charge in [0, 0.05) is 11.5 Å². The first kappa shape index (κ1) is 13.4. The molecule has 0 heterocycles. The lowest BCUT2D eigenvalue weighted by Crippen LogP contribution is -2.49. The van der Waals surface area contributed by atoms with Crippen molar-refractivity contribution in [3.63, 3.8) is 0 Å². The Bertz CT molecular complexity index is 345. The highest BCUT2D eigenvalue weighted by Crippen LogP contribution is 2.54. The van der Waals surface area contributed by atoms with E-state index < -0.39 is 11.5 Å². The van der Waals surface area contributed by atoms with Crippen LogP contribution in [0.2, 0.25) is 0 Å². The van der Waals surface area contributed by atoms with Gasteiger partial charge in [0.1, 0.15) is 0 Å². The predicted octanol–water partition coefficient (Wildman–Crippen LogP) is 2.18. The molecular weight excluding hydrogens is 230 g/mol. The molecule has 4 nitrogen and oxygen atoms in total. The fourth-order valence-corrected chi connectivity index (χ4v) is 2.93. The predicted molar refractivity (Wildman–Crippen MR) is 68.0 cm³/mol. The first-order valence-corrected chi connectivity index (χ1v) is 7.05. The van der Waals surface area contributed by atoms with Crippen LogP contribution < -0.4 is 5.32 Å². The average Bonchev–Trinajstić information content (AvgIpc) is 3.17. The van der Waals surface area contributed by atoms with Crippen LogP contribution in [0.1, 0.15) is 52.4 Å². The van der Waals surface area contributed by atoms with Crippen molar-refractivity contribution in [1.82, 2.24) is 5.32 Å². The van der Waals surface area contributed by atoms with Crippen LogP contribution in [0.5, 0.6) is 0 Å². The van der Waals surface area contributed by atoms with Gasteiger partial charge in [-0.3, -0.25) is 9.59 Å². The van der Waals surface area contributed by atoms with Gasteiger partial charge in [0.25, 0.3) is 0 Å². The van der Waals surface area contributed by atoms with Gasteiger partial charge in [-0.2, -0.15) is 0 Å². The topological polar surface area (TPSA) is 66.4 Å². The maximum atomic E-state index is 12.2. The zero-order valence-electron chi connectivity index (χ0n) is 11.2. The third-order valence-corrected chi connectivity index (χ3v) is 4.64. The zero-order chi connectivity index (χ0) is 13.3. The van der Waals surface area contributed by atoms with E-state index in [0.29, 0.717) is 18.8 Å². The lowest BCUT2D eigenvalue weighted by Gasteiger charge is -2.31. The number of hydrogen-bond donors (Lipinski definition) is 2. The van der Waals surface area contributed by atoms with Gasteiger partial charge in [-0.1, -0.05) is 13.8 Å². The number of carboxylic acids is 1. The number of carbonyl (C=O) groups excluding carboxylic acids is 1. The molecule has 0 aromatic heterocycles. The Morgan fingerprint density at radius 3 is 2.33 bits per heavy atom. The quantitative estimate of drug-likeness (QED) is 0.731. The Kier molecular flexibility index (Phi) is 3.64. The maximum absolute atomic E-state index is 12.2. The summed E-state index contributed by atoms with van der Waals surface area (Å²) in [6.07, 6.45) is 4.91. The summed E-state index contributed by atoms with van der Waals surface area (Å²) in [7, 11) is 0. The number of carboxylic acid groups (broad SMARTS) is 1. The molecule has 1 amide bonds. The summed E-state index contributed by atoms with van der Waals surface area (Å²) in [5.41, 5.74) is -0.556. The Labute approximate surface area is 108 Å². The molecule has 0 radical (unpaired) electrons. The molecule has 0 aromatic rings. The molecule has 2 fully saturated rings. The molecule has 0 bridgehead atoms. The van der Waals surface area contributed by atoms with Crippen LogP contribution in [0.4, 0.5) is 0 Å².